The number of fused-ring (bicyclic) bond motifs is 1. The summed E-state index contributed by atoms with van der Waals surface area (Å²) in [5.74, 6) is 0.978. The van der Waals surface area contributed by atoms with Gasteiger partial charge in [0.15, 0.2) is 0 Å². The van der Waals surface area contributed by atoms with Gasteiger partial charge >= 0.3 is 0 Å². The quantitative estimate of drug-likeness (QED) is 0.266. The number of thiazole rings is 1. The van der Waals surface area contributed by atoms with Gasteiger partial charge in [-0.2, -0.15) is 0 Å². The number of carbonyl (C=O) groups excluding carboxylic acids is 2. The van der Waals surface area contributed by atoms with E-state index in [-0.39, 0.29) is 24.0 Å². The summed E-state index contributed by atoms with van der Waals surface area (Å²) in [5.41, 5.74) is 0.924. The number of aromatic nitrogens is 1. The summed E-state index contributed by atoms with van der Waals surface area (Å²) in [6.07, 6.45) is 1.89. The van der Waals surface area contributed by atoms with Crippen LogP contribution in [0.4, 0.5) is 0 Å². The molecule has 8 heteroatoms. The third kappa shape index (κ3) is 4.22. The highest BCUT2D eigenvalue weighted by Crippen LogP contribution is 2.40. The Hall–Kier alpha value is -3.49. The molecule has 0 saturated carbocycles. The van der Waals surface area contributed by atoms with Gasteiger partial charge in [-0.05, 0) is 69.3 Å². The van der Waals surface area contributed by atoms with Gasteiger partial charge in [0.1, 0.15) is 11.5 Å². The normalized spacial score (nSPS) is 13.9. The zero-order chi connectivity index (χ0) is 23.8. The van der Waals surface area contributed by atoms with E-state index in [0.717, 1.165) is 20.4 Å². The number of carbonyl (C=O) groups is 2. The molecular formula is C26H22N2O4S2. The van der Waals surface area contributed by atoms with Gasteiger partial charge < -0.3 is 9.47 Å². The number of thiophene rings is 1. The van der Waals surface area contributed by atoms with Crippen LogP contribution >= 0.6 is 22.7 Å². The van der Waals surface area contributed by atoms with Crippen LogP contribution in [0.15, 0.2) is 66.9 Å². The van der Waals surface area contributed by atoms with Crippen molar-refractivity contribution in [2.45, 2.75) is 32.9 Å². The smallest absolute Gasteiger partial charge is 0.279 e. The van der Waals surface area contributed by atoms with E-state index in [1.807, 2.05) is 57.2 Å². The number of benzene rings is 2. The molecule has 2 amide bonds. The van der Waals surface area contributed by atoms with Crippen LogP contribution in [-0.2, 0) is 0 Å². The molecule has 3 heterocycles. The largest absolute Gasteiger partial charge is 0.491 e. The van der Waals surface area contributed by atoms with Gasteiger partial charge in [0.2, 0.25) is 0 Å². The molecule has 2 aromatic heterocycles. The standard InChI is InChI=1S/C26H22N2O4S2/c1-15(2)31-17-8-10-18(11-9-17)32-26-27-14-23(34-26)22-13-12-21(33-22)16(3)28-24(29)19-6-4-5-7-20(19)25(28)30/h4-16H,1-3H3. The molecule has 1 aliphatic rings. The van der Waals surface area contributed by atoms with Crippen molar-refractivity contribution in [2.24, 2.45) is 0 Å². The number of hydrogen-bond acceptors (Lipinski definition) is 7. The summed E-state index contributed by atoms with van der Waals surface area (Å²) < 4.78 is 11.6. The average Bonchev–Trinajstić information content (AvgIpc) is 3.54. The minimum Gasteiger partial charge on any atom is -0.491 e. The molecule has 172 valence electrons. The van der Waals surface area contributed by atoms with Crippen LogP contribution in [0, 0.1) is 0 Å². The maximum Gasteiger partial charge on any atom is 0.279 e. The van der Waals surface area contributed by atoms with Crippen LogP contribution in [0.1, 0.15) is 52.4 Å². The molecule has 0 aliphatic carbocycles. The first-order valence-electron chi connectivity index (χ1n) is 10.9. The third-order valence-electron chi connectivity index (χ3n) is 5.38. The maximum absolute atomic E-state index is 12.8. The lowest BCUT2D eigenvalue weighted by Crippen LogP contribution is -2.32. The van der Waals surface area contributed by atoms with Gasteiger partial charge in [-0.3, -0.25) is 14.5 Å². The van der Waals surface area contributed by atoms with Crippen LogP contribution in [0.25, 0.3) is 9.75 Å². The third-order valence-corrected chi connectivity index (χ3v) is 7.71. The predicted octanol–water partition coefficient (Wildman–Crippen LogP) is 6.81. The Morgan fingerprint density at radius 2 is 1.44 bits per heavy atom. The van der Waals surface area contributed by atoms with Crippen LogP contribution in [0.3, 0.4) is 0 Å². The summed E-state index contributed by atoms with van der Waals surface area (Å²) in [6.45, 7) is 5.85. The molecule has 0 spiro atoms. The molecule has 0 N–H and O–H groups in total. The monoisotopic (exact) mass is 490 g/mol. The molecule has 4 aromatic rings. The van der Waals surface area contributed by atoms with Crippen molar-refractivity contribution < 1.29 is 19.1 Å². The topological polar surface area (TPSA) is 68.7 Å². The lowest BCUT2D eigenvalue weighted by Gasteiger charge is -2.21. The Balaban J connectivity index is 1.29. The summed E-state index contributed by atoms with van der Waals surface area (Å²) in [7, 11) is 0. The van der Waals surface area contributed by atoms with Gasteiger partial charge in [0.05, 0.1) is 34.3 Å². The van der Waals surface area contributed by atoms with E-state index in [4.69, 9.17) is 9.47 Å². The highest BCUT2D eigenvalue weighted by Gasteiger charge is 2.39. The molecule has 0 saturated heterocycles. The first kappa shape index (κ1) is 22.3. The lowest BCUT2D eigenvalue weighted by molar-refractivity contribution is 0.0597. The number of rotatable bonds is 7. The van der Waals surface area contributed by atoms with E-state index < -0.39 is 0 Å². The van der Waals surface area contributed by atoms with Crippen molar-refractivity contribution in [1.29, 1.82) is 0 Å². The van der Waals surface area contributed by atoms with E-state index >= 15 is 0 Å². The Morgan fingerprint density at radius 1 is 0.794 bits per heavy atom. The van der Waals surface area contributed by atoms with Gasteiger partial charge in [0.25, 0.3) is 17.0 Å². The van der Waals surface area contributed by atoms with Crippen molar-refractivity contribution in [2.75, 3.05) is 0 Å². The van der Waals surface area contributed by atoms with Crippen LogP contribution in [0.2, 0.25) is 0 Å². The number of nitrogens with zero attached hydrogens (tertiary/aromatic N) is 2. The van der Waals surface area contributed by atoms with E-state index in [9.17, 15) is 9.59 Å². The SMILES string of the molecule is CC(C)Oc1ccc(Oc2ncc(-c3ccc(C(C)N4C(=O)c5ccccc5C4=O)s3)s2)cc1. The summed E-state index contributed by atoms with van der Waals surface area (Å²) in [6, 6.07) is 18.0. The minimum atomic E-state index is -0.360. The molecule has 6 nitrogen and oxygen atoms in total. The molecule has 5 rings (SSSR count). The van der Waals surface area contributed by atoms with Crippen molar-refractivity contribution in [3.05, 3.63) is 82.9 Å². The molecular weight excluding hydrogens is 468 g/mol. The number of amides is 2. The molecule has 34 heavy (non-hydrogen) atoms. The minimum absolute atomic E-state index is 0.115. The second-order valence-electron chi connectivity index (χ2n) is 8.13. The maximum atomic E-state index is 12.8. The summed E-state index contributed by atoms with van der Waals surface area (Å²) in [5, 5.41) is 0.538. The van der Waals surface area contributed by atoms with E-state index in [1.165, 1.54) is 16.2 Å². The summed E-state index contributed by atoms with van der Waals surface area (Å²) >= 11 is 2.99. The van der Waals surface area contributed by atoms with Gasteiger partial charge in [0, 0.05) is 9.75 Å². The molecule has 1 aliphatic heterocycles. The van der Waals surface area contributed by atoms with Gasteiger partial charge in [-0.1, -0.05) is 23.5 Å². The Labute approximate surface area is 205 Å². The fourth-order valence-corrected chi connectivity index (χ4v) is 5.69. The van der Waals surface area contributed by atoms with Gasteiger partial charge in [-0.15, -0.1) is 11.3 Å². The molecule has 0 bridgehead atoms. The van der Waals surface area contributed by atoms with E-state index in [1.54, 1.807) is 41.8 Å². The number of imide groups is 1. The highest BCUT2D eigenvalue weighted by atomic mass is 32.1. The zero-order valence-electron chi connectivity index (χ0n) is 18.8. The second-order valence-corrected chi connectivity index (χ2v) is 10.2. The van der Waals surface area contributed by atoms with Crippen molar-refractivity contribution in [3.8, 4) is 26.4 Å². The molecule has 1 unspecified atom stereocenters. The van der Waals surface area contributed by atoms with Crippen LogP contribution < -0.4 is 9.47 Å². The van der Waals surface area contributed by atoms with Crippen molar-refractivity contribution >= 4 is 34.5 Å². The Bertz CT molecular complexity index is 1320. The fourth-order valence-electron chi connectivity index (χ4n) is 3.78. The fraction of sp³-hybridized carbons (Fsp3) is 0.192. The Morgan fingerprint density at radius 3 is 2.09 bits per heavy atom. The second kappa shape index (κ2) is 9.04. The average molecular weight is 491 g/mol. The first-order valence-corrected chi connectivity index (χ1v) is 12.5. The van der Waals surface area contributed by atoms with Crippen molar-refractivity contribution in [1.82, 2.24) is 9.88 Å². The lowest BCUT2D eigenvalue weighted by atomic mass is 10.1. The highest BCUT2D eigenvalue weighted by molar-refractivity contribution is 7.22. The van der Waals surface area contributed by atoms with E-state index in [2.05, 4.69) is 4.98 Å². The molecule has 0 fully saturated rings. The van der Waals surface area contributed by atoms with Crippen LogP contribution in [0.5, 0.6) is 16.7 Å². The predicted molar refractivity (Wildman–Crippen MR) is 133 cm³/mol. The van der Waals surface area contributed by atoms with Crippen LogP contribution in [-0.4, -0.2) is 27.8 Å². The summed E-state index contributed by atoms with van der Waals surface area (Å²) in [4.78, 5) is 34.3. The molecule has 0 radical (unpaired) electrons. The first-order chi connectivity index (χ1) is 16.4. The van der Waals surface area contributed by atoms with Crippen molar-refractivity contribution in [3.63, 3.8) is 0 Å². The molecule has 1 atom stereocenters. The number of hydrogen-bond donors (Lipinski definition) is 0. The van der Waals surface area contributed by atoms with Gasteiger partial charge in [-0.25, -0.2) is 4.98 Å². The Kier molecular flexibility index (Phi) is 5.93. The molecule has 2 aromatic carbocycles. The zero-order valence-corrected chi connectivity index (χ0v) is 20.5. The number of ether oxygens (including phenoxy) is 2. The van der Waals surface area contributed by atoms with E-state index in [0.29, 0.717) is 22.1 Å².